The van der Waals surface area contributed by atoms with E-state index < -0.39 is 17.4 Å². The van der Waals surface area contributed by atoms with E-state index in [1.807, 2.05) is 0 Å². The second-order valence-electron chi connectivity index (χ2n) is 4.64. The van der Waals surface area contributed by atoms with Crippen molar-refractivity contribution < 1.29 is 23.1 Å². The van der Waals surface area contributed by atoms with E-state index in [-0.39, 0.29) is 24.3 Å². The molecule has 0 fully saturated rings. The Hall–Kier alpha value is -1.86. The molecule has 0 unspecified atom stereocenters. The maximum Gasteiger partial charge on any atom is 0.220 e. The zero-order valence-corrected chi connectivity index (χ0v) is 12.5. The van der Waals surface area contributed by atoms with Crippen LogP contribution in [0, 0.1) is 11.6 Å². The highest BCUT2D eigenvalue weighted by molar-refractivity contribution is 5.98. The molecule has 0 saturated carbocycles. The first kappa shape index (κ1) is 18.2. The molecule has 0 aliphatic rings. The molecule has 0 aromatic heterocycles. The van der Waals surface area contributed by atoms with Crippen molar-refractivity contribution in [2.24, 2.45) is 0 Å². The van der Waals surface area contributed by atoms with Crippen LogP contribution in [-0.4, -0.2) is 45.0 Å². The lowest BCUT2D eigenvalue weighted by atomic mass is 10.1. The predicted molar refractivity (Wildman–Crippen MR) is 77.7 cm³/mol. The number of nitrogens with one attached hydrogen (secondary N) is 2. The van der Waals surface area contributed by atoms with E-state index in [9.17, 15) is 18.4 Å². The molecule has 1 aromatic rings. The molecule has 0 radical (unpaired) electrons. The van der Waals surface area contributed by atoms with Gasteiger partial charge in [-0.1, -0.05) is 0 Å². The molecule has 1 rings (SSSR count). The van der Waals surface area contributed by atoms with E-state index in [4.69, 9.17) is 4.74 Å². The fourth-order valence-electron chi connectivity index (χ4n) is 1.76. The molecule has 0 heterocycles. The minimum atomic E-state index is -0.909. The molecule has 122 valence electrons. The number of carbonyl (C=O) groups is 2. The largest absolute Gasteiger partial charge is 0.383 e. The van der Waals surface area contributed by atoms with Gasteiger partial charge in [-0.15, -0.1) is 0 Å². The molecule has 0 atom stereocenters. The Morgan fingerprint density at radius 2 is 1.91 bits per heavy atom. The van der Waals surface area contributed by atoms with Crippen LogP contribution in [0.25, 0.3) is 0 Å². The third-order valence-corrected chi connectivity index (χ3v) is 2.92. The van der Waals surface area contributed by atoms with Gasteiger partial charge >= 0.3 is 0 Å². The molecule has 5 nitrogen and oxygen atoms in total. The minimum Gasteiger partial charge on any atom is -0.383 e. The number of amides is 1. The summed E-state index contributed by atoms with van der Waals surface area (Å²) in [6.45, 7) is 2.30. The number of ketones is 1. The van der Waals surface area contributed by atoms with E-state index >= 15 is 0 Å². The van der Waals surface area contributed by atoms with Crippen molar-refractivity contribution >= 4 is 11.7 Å². The Balaban J connectivity index is 2.24. The van der Waals surface area contributed by atoms with Gasteiger partial charge in [0.2, 0.25) is 5.91 Å². The standard InChI is InChI=1S/C15H20F2N2O3/c1-22-9-8-18-6-7-19-15(21)5-4-14(20)12-3-2-11(16)10-13(12)17/h2-3,10,18H,4-9H2,1H3,(H,19,21). The summed E-state index contributed by atoms with van der Waals surface area (Å²) in [7, 11) is 1.60. The van der Waals surface area contributed by atoms with Crippen LogP contribution in [0.1, 0.15) is 23.2 Å². The van der Waals surface area contributed by atoms with E-state index in [2.05, 4.69) is 10.6 Å². The van der Waals surface area contributed by atoms with Crippen molar-refractivity contribution in [1.82, 2.24) is 10.6 Å². The smallest absolute Gasteiger partial charge is 0.220 e. The summed E-state index contributed by atoms with van der Waals surface area (Å²) >= 11 is 0. The maximum atomic E-state index is 13.4. The van der Waals surface area contributed by atoms with Crippen LogP contribution >= 0.6 is 0 Å². The lowest BCUT2D eigenvalue weighted by Gasteiger charge is -2.07. The monoisotopic (exact) mass is 314 g/mol. The number of benzene rings is 1. The zero-order valence-electron chi connectivity index (χ0n) is 12.5. The highest BCUT2D eigenvalue weighted by atomic mass is 19.1. The van der Waals surface area contributed by atoms with Gasteiger partial charge in [-0.3, -0.25) is 9.59 Å². The number of halogens is 2. The molecule has 0 aliphatic carbocycles. The van der Waals surface area contributed by atoms with Gasteiger partial charge in [-0.05, 0) is 12.1 Å². The van der Waals surface area contributed by atoms with Gasteiger partial charge in [-0.25, -0.2) is 8.78 Å². The lowest BCUT2D eigenvalue weighted by molar-refractivity contribution is -0.121. The molecular weight excluding hydrogens is 294 g/mol. The molecule has 1 aromatic carbocycles. The first-order valence-electron chi connectivity index (χ1n) is 6.99. The van der Waals surface area contributed by atoms with Gasteiger partial charge in [0.25, 0.3) is 0 Å². The lowest BCUT2D eigenvalue weighted by Crippen LogP contribution is -2.33. The van der Waals surface area contributed by atoms with Gasteiger partial charge < -0.3 is 15.4 Å². The van der Waals surface area contributed by atoms with Crippen molar-refractivity contribution in [3.63, 3.8) is 0 Å². The van der Waals surface area contributed by atoms with Gasteiger partial charge in [-0.2, -0.15) is 0 Å². The molecule has 7 heteroatoms. The Bertz CT molecular complexity index is 510. The molecule has 0 bridgehead atoms. The summed E-state index contributed by atoms with van der Waals surface area (Å²) < 4.78 is 31.0. The van der Waals surface area contributed by atoms with Crippen molar-refractivity contribution in [3.05, 3.63) is 35.4 Å². The summed E-state index contributed by atoms with van der Waals surface area (Å²) in [5.74, 6) is -2.46. The Morgan fingerprint density at radius 1 is 1.14 bits per heavy atom. The van der Waals surface area contributed by atoms with Gasteiger partial charge in [0.05, 0.1) is 12.2 Å². The molecule has 2 N–H and O–H groups in total. The van der Waals surface area contributed by atoms with E-state index in [1.54, 1.807) is 7.11 Å². The predicted octanol–water partition coefficient (Wildman–Crippen LogP) is 1.28. The molecule has 0 saturated heterocycles. The molecule has 0 aliphatic heterocycles. The number of Topliss-reactive ketones (excluding diaryl/α,β-unsaturated/α-hetero) is 1. The van der Waals surface area contributed by atoms with Gasteiger partial charge in [0, 0.05) is 45.7 Å². The Kier molecular flexibility index (Phi) is 8.24. The maximum absolute atomic E-state index is 13.4. The number of carbonyl (C=O) groups excluding carboxylic acids is 2. The molecule has 0 spiro atoms. The second kappa shape index (κ2) is 9.97. The number of ether oxygens (including phenoxy) is 1. The summed E-state index contributed by atoms with van der Waals surface area (Å²) in [6.07, 6.45) is -0.154. The van der Waals surface area contributed by atoms with Crippen molar-refractivity contribution in [1.29, 1.82) is 0 Å². The summed E-state index contributed by atoms with van der Waals surface area (Å²) in [6, 6.07) is 2.76. The van der Waals surface area contributed by atoms with Crippen LogP contribution in [0.3, 0.4) is 0 Å². The SMILES string of the molecule is COCCNCCNC(=O)CCC(=O)c1ccc(F)cc1F. The molecule has 1 amide bonds. The highest BCUT2D eigenvalue weighted by Crippen LogP contribution is 2.12. The van der Waals surface area contributed by atoms with Gasteiger partial charge in [0.15, 0.2) is 5.78 Å². The summed E-state index contributed by atoms with van der Waals surface area (Å²) in [4.78, 5) is 23.3. The zero-order chi connectivity index (χ0) is 16.4. The molecular formula is C15H20F2N2O3. The van der Waals surface area contributed by atoms with E-state index in [0.29, 0.717) is 32.3 Å². The average Bonchev–Trinajstić information content (AvgIpc) is 2.48. The Labute approximate surface area is 128 Å². The van der Waals surface area contributed by atoms with Gasteiger partial charge in [0.1, 0.15) is 11.6 Å². The van der Waals surface area contributed by atoms with Crippen LogP contribution in [0.4, 0.5) is 8.78 Å². The number of methoxy groups -OCH3 is 1. The van der Waals surface area contributed by atoms with E-state index in [0.717, 1.165) is 12.1 Å². The van der Waals surface area contributed by atoms with Crippen LogP contribution < -0.4 is 10.6 Å². The first-order chi connectivity index (χ1) is 10.5. The summed E-state index contributed by atoms with van der Waals surface area (Å²) in [5, 5.41) is 5.70. The van der Waals surface area contributed by atoms with Crippen LogP contribution in [0.15, 0.2) is 18.2 Å². The highest BCUT2D eigenvalue weighted by Gasteiger charge is 2.13. The number of rotatable bonds is 10. The minimum absolute atomic E-state index is 0.0340. The van der Waals surface area contributed by atoms with Crippen molar-refractivity contribution in [2.45, 2.75) is 12.8 Å². The molecule has 22 heavy (non-hydrogen) atoms. The van der Waals surface area contributed by atoms with Crippen LogP contribution in [0.5, 0.6) is 0 Å². The number of hydrogen-bond donors (Lipinski definition) is 2. The fraction of sp³-hybridized carbons (Fsp3) is 0.467. The number of hydrogen-bond acceptors (Lipinski definition) is 4. The van der Waals surface area contributed by atoms with Crippen molar-refractivity contribution in [3.8, 4) is 0 Å². The van der Waals surface area contributed by atoms with Crippen LogP contribution in [-0.2, 0) is 9.53 Å². The fourth-order valence-corrected chi connectivity index (χ4v) is 1.76. The quantitative estimate of drug-likeness (QED) is 0.504. The summed E-state index contributed by atoms with van der Waals surface area (Å²) in [5.41, 5.74) is -0.199. The normalized spacial score (nSPS) is 10.5. The first-order valence-corrected chi connectivity index (χ1v) is 6.99. The third kappa shape index (κ3) is 6.73. The Morgan fingerprint density at radius 3 is 2.59 bits per heavy atom. The van der Waals surface area contributed by atoms with Crippen molar-refractivity contribution in [2.75, 3.05) is 33.4 Å². The topological polar surface area (TPSA) is 67.4 Å². The van der Waals surface area contributed by atoms with Crippen LogP contribution in [0.2, 0.25) is 0 Å². The third-order valence-electron chi connectivity index (χ3n) is 2.92. The average molecular weight is 314 g/mol. The van der Waals surface area contributed by atoms with E-state index in [1.165, 1.54) is 0 Å². The second-order valence-corrected chi connectivity index (χ2v) is 4.64.